The van der Waals surface area contributed by atoms with Crippen LogP contribution in [0.4, 0.5) is 11.4 Å². The lowest BCUT2D eigenvalue weighted by molar-refractivity contribution is 0.102. The lowest BCUT2D eigenvalue weighted by Gasteiger charge is -2.10. The van der Waals surface area contributed by atoms with Gasteiger partial charge in [0, 0.05) is 27.1 Å². The summed E-state index contributed by atoms with van der Waals surface area (Å²) in [4.78, 5) is 33.0. The molecule has 0 aliphatic heterocycles. The summed E-state index contributed by atoms with van der Waals surface area (Å²) >= 11 is 2.82. The molecule has 6 aromatic rings. The number of anilines is 2. The summed E-state index contributed by atoms with van der Waals surface area (Å²) in [6, 6.07) is 28.6. The van der Waals surface area contributed by atoms with Gasteiger partial charge in [0.15, 0.2) is 5.78 Å². The Morgan fingerprint density at radius 3 is 2.33 bits per heavy atom. The molecule has 0 saturated carbocycles. The maximum Gasteiger partial charge on any atom is 0.267 e. The molecule has 0 bridgehead atoms. The number of ketones is 1. The number of hydrogen-bond donors (Lipinski definition) is 2. The van der Waals surface area contributed by atoms with E-state index in [9.17, 15) is 9.59 Å². The lowest BCUT2D eigenvalue weighted by atomic mass is 9.99. The molecule has 3 aromatic heterocycles. The second-order valence-corrected chi connectivity index (χ2v) is 11.9. The van der Waals surface area contributed by atoms with E-state index in [4.69, 9.17) is 15.5 Å². The highest BCUT2D eigenvalue weighted by atomic mass is 32.1. The van der Waals surface area contributed by atoms with Crippen molar-refractivity contribution in [2.75, 3.05) is 18.2 Å². The minimum atomic E-state index is -0.338. The monoisotopic (exact) mass is 601 g/mol. The van der Waals surface area contributed by atoms with E-state index in [1.165, 1.54) is 11.3 Å². The molecule has 43 heavy (non-hydrogen) atoms. The van der Waals surface area contributed by atoms with Crippen LogP contribution in [0.3, 0.4) is 0 Å². The molecule has 0 unspecified atom stereocenters. The molecule has 0 radical (unpaired) electrons. The zero-order valence-corrected chi connectivity index (χ0v) is 25.1. The first-order chi connectivity index (χ1) is 20.9. The average molecular weight is 602 g/mol. The second-order valence-electron chi connectivity index (χ2n) is 9.92. The van der Waals surface area contributed by atoms with Gasteiger partial charge in [0.05, 0.1) is 18.5 Å². The van der Waals surface area contributed by atoms with Crippen molar-refractivity contribution in [3.05, 3.63) is 123 Å². The number of nitrogens with zero attached hydrogens (tertiary/aromatic N) is 1. The lowest BCUT2D eigenvalue weighted by Crippen LogP contribution is -2.12. The van der Waals surface area contributed by atoms with Crippen LogP contribution >= 0.6 is 22.7 Å². The summed E-state index contributed by atoms with van der Waals surface area (Å²) in [5, 5.41) is 5.62. The number of hydrogen-bond acceptors (Lipinski definition) is 7. The van der Waals surface area contributed by atoms with Crippen molar-refractivity contribution >= 4 is 62.0 Å². The first kappa shape index (κ1) is 28.1. The molecule has 3 N–H and O–H groups in total. The molecular weight excluding hydrogens is 575 g/mol. The van der Waals surface area contributed by atoms with Gasteiger partial charge < -0.3 is 15.8 Å². The highest BCUT2D eigenvalue weighted by Crippen LogP contribution is 2.42. The Hall–Kier alpha value is -5.05. The molecular formula is C35H27N3O3S2. The third-order valence-electron chi connectivity index (χ3n) is 7.02. The molecule has 3 aromatic carbocycles. The van der Waals surface area contributed by atoms with E-state index in [1.54, 1.807) is 54.9 Å². The number of methoxy groups -OCH3 is 1. The molecule has 212 valence electrons. The van der Waals surface area contributed by atoms with Gasteiger partial charge in [-0.25, -0.2) is 4.98 Å². The first-order valence-electron chi connectivity index (χ1n) is 13.5. The highest BCUT2D eigenvalue weighted by molar-refractivity contribution is 7.21. The first-order valence-corrected chi connectivity index (χ1v) is 15.2. The van der Waals surface area contributed by atoms with E-state index < -0.39 is 0 Å². The van der Waals surface area contributed by atoms with E-state index in [0.717, 1.165) is 44.0 Å². The van der Waals surface area contributed by atoms with Crippen LogP contribution in [-0.2, 0) is 0 Å². The normalized spacial score (nSPS) is 11.2. The number of benzene rings is 3. The van der Waals surface area contributed by atoms with Crippen molar-refractivity contribution in [3.63, 3.8) is 0 Å². The van der Waals surface area contributed by atoms with Crippen LogP contribution in [0.25, 0.3) is 38.7 Å². The number of carbonyl (C=O) groups excluding carboxylic acids is 2. The fourth-order valence-electron chi connectivity index (χ4n) is 4.71. The number of pyridine rings is 1. The van der Waals surface area contributed by atoms with Crippen molar-refractivity contribution in [2.45, 2.75) is 6.92 Å². The van der Waals surface area contributed by atoms with Crippen molar-refractivity contribution < 1.29 is 14.3 Å². The zero-order valence-electron chi connectivity index (χ0n) is 23.5. The summed E-state index contributed by atoms with van der Waals surface area (Å²) in [6.45, 7) is 2.04. The van der Waals surface area contributed by atoms with Gasteiger partial charge in [0.25, 0.3) is 5.91 Å². The number of thiophene rings is 2. The third kappa shape index (κ3) is 5.97. The number of carbonyl (C=O) groups is 2. The van der Waals surface area contributed by atoms with Gasteiger partial charge in [-0.15, -0.1) is 22.7 Å². The predicted octanol–water partition coefficient (Wildman–Crippen LogP) is 8.74. The van der Waals surface area contributed by atoms with Crippen LogP contribution in [0.15, 0.2) is 102 Å². The molecule has 6 rings (SSSR count). The number of aryl methyl sites for hydroxylation is 1. The van der Waals surface area contributed by atoms with Gasteiger partial charge in [-0.1, -0.05) is 48.0 Å². The summed E-state index contributed by atoms with van der Waals surface area (Å²) in [7, 11) is 1.63. The van der Waals surface area contributed by atoms with E-state index in [1.807, 2.05) is 66.9 Å². The van der Waals surface area contributed by atoms with E-state index >= 15 is 0 Å². The number of rotatable bonds is 8. The van der Waals surface area contributed by atoms with Crippen molar-refractivity contribution in [1.82, 2.24) is 4.98 Å². The Bertz CT molecular complexity index is 1960. The van der Waals surface area contributed by atoms with Crippen LogP contribution in [0.2, 0.25) is 0 Å². The maximum absolute atomic E-state index is 13.5. The van der Waals surface area contributed by atoms with Crippen molar-refractivity contribution in [2.24, 2.45) is 0 Å². The van der Waals surface area contributed by atoms with Gasteiger partial charge in [-0.3, -0.25) is 9.59 Å². The summed E-state index contributed by atoms with van der Waals surface area (Å²) in [5.74, 6) is 0.300. The number of nitrogens with one attached hydrogen (secondary N) is 1. The van der Waals surface area contributed by atoms with Crippen LogP contribution in [-0.4, -0.2) is 23.8 Å². The minimum absolute atomic E-state index is 0.110. The predicted molar refractivity (Wildman–Crippen MR) is 178 cm³/mol. The number of fused-ring (bicyclic) bond motifs is 1. The van der Waals surface area contributed by atoms with Crippen LogP contribution in [0.5, 0.6) is 5.75 Å². The molecule has 0 saturated heterocycles. The quantitative estimate of drug-likeness (QED) is 0.134. The van der Waals surface area contributed by atoms with Gasteiger partial charge in [0.2, 0.25) is 0 Å². The third-order valence-corrected chi connectivity index (χ3v) is 8.96. The number of ether oxygens (including phenoxy) is 1. The number of aromatic nitrogens is 1. The van der Waals surface area contributed by atoms with Crippen LogP contribution in [0, 0.1) is 6.92 Å². The van der Waals surface area contributed by atoms with Gasteiger partial charge in [-0.05, 0) is 84.1 Å². The van der Waals surface area contributed by atoms with Crippen molar-refractivity contribution in [1.29, 1.82) is 0 Å². The average Bonchev–Trinajstić information content (AvgIpc) is 3.68. The topological polar surface area (TPSA) is 94.3 Å². The van der Waals surface area contributed by atoms with E-state index in [-0.39, 0.29) is 11.7 Å². The van der Waals surface area contributed by atoms with Gasteiger partial charge in [-0.2, -0.15) is 0 Å². The Kier molecular flexibility index (Phi) is 7.87. The Morgan fingerprint density at radius 1 is 0.930 bits per heavy atom. The number of amides is 1. The van der Waals surface area contributed by atoms with Crippen LogP contribution < -0.4 is 15.8 Å². The highest BCUT2D eigenvalue weighted by Gasteiger charge is 2.22. The number of allylic oxidation sites excluding steroid dienone is 1. The molecule has 1 amide bonds. The van der Waals surface area contributed by atoms with E-state index in [0.29, 0.717) is 26.6 Å². The Labute approximate surface area is 257 Å². The Balaban J connectivity index is 1.32. The van der Waals surface area contributed by atoms with E-state index in [2.05, 4.69) is 17.4 Å². The summed E-state index contributed by atoms with van der Waals surface area (Å²) in [6.07, 6.45) is 3.35. The molecule has 8 heteroatoms. The minimum Gasteiger partial charge on any atom is -0.497 e. The molecule has 0 aliphatic rings. The number of nitrogen functional groups attached to an aromatic ring is 1. The molecule has 0 fully saturated rings. The summed E-state index contributed by atoms with van der Waals surface area (Å²) < 4.78 is 5.35. The summed E-state index contributed by atoms with van der Waals surface area (Å²) in [5.41, 5.74) is 12.9. The molecule has 3 heterocycles. The molecule has 0 atom stereocenters. The number of nitrogens with two attached hydrogens (primary N) is 1. The molecule has 0 spiro atoms. The maximum atomic E-state index is 13.5. The smallest absolute Gasteiger partial charge is 0.267 e. The van der Waals surface area contributed by atoms with Gasteiger partial charge in [0.1, 0.15) is 15.5 Å². The van der Waals surface area contributed by atoms with Crippen LogP contribution in [0.1, 0.15) is 30.5 Å². The fraction of sp³-hybridized carbons (Fsp3) is 0.0571. The SMILES string of the molecule is COc1ccc(-c2cc(-c3ccc(C)cc3)nc3sc(C(=O)Nc4ccc(C(=O)C=Cc5cccs5)cc4)c(N)c23)cc1. The zero-order chi connectivity index (χ0) is 29.9. The largest absolute Gasteiger partial charge is 0.497 e. The Morgan fingerprint density at radius 2 is 1.65 bits per heavy atom. The molecule has 0 aliphatic carbocycles. The standard InChI is InChI=1S/C35H27N3O3S2/c1-21-5-7-23(8-6-21)29-20-28(22-11-15-26(41-2)16-12-22)31-32(36)33(43-35(31)38-29)34(40)37-25-13-9-24(10-14-25)30(39)18-17-27-4-3-19-42-27/h3-20H,36H2,1-2H3,(H,37,40). The molecule has 6 nitrogen and oxygen atoms in total. The fourth-order valence-corrected chi connectivity index (χ4v) is 6.34. The van der Waals surface area contributed by atoms with Crippen molar-refractivity contribution in [3.8, 4) is 28.1 Å². The second kappa shape index (κ2) is 12.1. The van der Waals surface area contributed by atoms with Gasteiger partial charge >= 0.3 is 0 Å².